The molecule has 2 N–H and O–H groups in total. The Bertz CT molecular complexity index is 859. The van der Waals surface area contributed by atoms with Crippen LogP contribution in [-0.2, 0) is 16.6 Å². The summed E-state index contributed by atoms with van der Waals surface area (Å²) in [6, 6.07) is 17.0. The lowest BCUT2D eigenvalue weighted by atomic mass is 10.0. The molecule has 1 aliphatic heterocycles. The van der Waals surface area contributed by atoms with Crippen LogP contribution >= 0.6 is 0 Å². The average Bonchev–Trinajstić information content (AvgIpc) is 2.63. The third kappa shape index (κ3) is 6.08. The van der Waals surface area contributed by atoms with E-state index in [1.54, 1.807) is 24.3 Å². The molecule has 0 radical (unpaired) electrons. The standard InChI is InChI=1S/C20H25N3O3S/c1-27(25,26)22-19-9-7-17(8-10-19)20(24)21-18-11-13-23(14-12-18)15-16-5-3-2-4-6-16/h2-10,18,22H,11-15H2,1H3,(H,21,24). The third-order valence-electron chi connectivity index (χ3n) is 4.62. The van der Waals surface area contributed by atoms with Crippen molar-refractivity contribution in [3.05, 3.63) is 65.7 Å². The molecule has 0 atom stereocenters. The molecule has 0 unspecified atom stereocenters. The first-order valence-electron chi connectivity index (χ1n) is 9.04. The van der Waals surface area contributed by atoms with Crippen LogP contribution in [0.15, 0.2) is 54.6 Å². The highest BCUT2D eigenvalue weighted by Crippen LogP contribution is 2.15. The van der Waals surface area contributed by atoms with Gasteiger partial charge in [-0.15, -0.1) is 0 Å². The molecule has 7 heteroatoms. The molecule has 1 fully saturated rings. The fourth-order valence-electron chi connectivity index (χ4n) is 3.25. The van der Waals surface area contributed by atoms with Crippen LogP contribution in [0.25, 0.3) is 0 Å². The first-order chi connectivity index (χ1) is 12.9. The van der Waals surface area contributed by atoms with E-state index in [1.807, 2.05) is 6.07 Å². The van der Waals surface area contributed by atoms with Gasteiger partial charge >= 0.3 is 0 Å². The zero-order chi connectivity index (χ0) is 19.3. The Morgan fingerprint density at radius 3 is 2.26 bits per heavy atom. The summed E-state index contributed by atoms with van der Waals surface area (Å²) in [5.74, 6) is -0.123. The molecule has 1 aliphatic rings. The number of nitrogens with zero attached hydrogens (tertiary/aromatic N) is 1. The Kier molecular flexibility index (Phi) is 6.13. The number of carbonyl (C=O) groups is 1. The molecule has 2 aromatic rings. The molecule has 144 valence electrons. The van der Waals surface area contributed by atoms with E-state index in [-0.39, 0.29) is 11.9 Å². The number of hydrogen-bond donors (Lipinski definition) is 2. The molecule has 1 heterocycles. The van der Waals surface area contributed by atoms with Crippen LogP contribution in [0.4, 0.5) is 5.69 Å². The fourth-order valence-corrected chi connectivity index (χ4v) is 3.81. The second-order valence-electron chi connectivity index (χ2n) is 6.96. The van der Waals surface area contributed by atoms with Crippen LogP contribution in [0, 0.1) is 0 Å². The lowest BCUT2D eigenvalue weighted by molar-refractivity contribution is 0.0909. The second kappa shape index (κ2) is 8.54. The lowest BCUT2D eigenvalue weighted by Gasteiger charge is -2.32. The summed E-state index contributed by atoms with van der Waals surface area (Å²) in [7, 11) is -3.32. The van der Waals surface area contributed by atoms with Crippen molar-refractivity contribution >= 4 is 21.6 Å². The number of benzene rings is 2. The van der Waals surface area contributed by atoms with Crippen molar-refractivity contribution in [1.29, 1.82) is 0 Å². The van der Waals surface area contributed by atoms with E-state index < -0.39 is 10.0 Å². The van der Waals surface area contributed by atoms with Crippen molar-refractivity contribution in [2.75, 3.05) is 24.1 Å². The van der Waals surface area contributed by atoms with Crippen molar-refractivity contribution in [1.82, 2.24) is 10.2 Å². The Morgan fingerprint density at radius 1 is 1.04 bits per heavy atom. The molecule has 6 nitrogen and oxygen atoms in total. The monoisotopic (exact) mass is 387 g/mol. The fraction of sp³-hybridized carbons (Fsp3) is 0.350. The number of nitrogens with one attached hydrogen (secondary N) is 2. The van der Waals surface area contributed by atoms with Crippen LogP contribution in [-0.4, -0.2) is 44.6 Å². The van der Waals surface area contributed by atoms with E-state index in [2.05, 4.69) is 39.2 Å². The molecule has 0 saturated carbocycles. The number of sulfonamides is 1. The van der Waals surface area contributed by atoms with Crippen LogP contribution in [0.1, 0.15) is 28.8 Å². The molecule has 0 spiro atoms. The van der Waals surface area contributed by atoms with E-state index in [0.29, 0.717) is 11.3 Å². The molecular weight excluding hydrogens is 362 g/mol. The molecule has 3 rings (SSSR count). The van der Waals surface area contributed by atoms with Crippen LogP contribution in [0.3, 0.4) is 0 Å². The largest absolute Gasteiger partial charge is 0.349 e. The van der Waals surface area contributed by atoms with Gasteiger partial charge in [-0.25, -0.2) is 8.42 Å². The van der Waals surface area contributed by atoms with E-state index in [4.69, 9.17) is 0 Å². The van der Waals surface area contributed by atoms with Crippen molar-refractivity contribution < 1.29 is 13.2 Å². The maximum absolute atomic E-state index is 12.4. The highest BCUT2D eigenvalue weighted by molar-refractivity contribution is 7.92. The predicted molar refractivity (Wildman–Crippen MR) is 107 cm³/mol. The minimum Gasteiger partial charge on any atom is -0.349 e. The molecule has 0 aliphatic carbocycles. The van der Waals surface area contributed by atoms with Crippen LogP contribution in [0.5, 0.6) is 0 Å². The third-order valence-corrected chi connectivity index (χ3v) is 5.23. The summed E-state index contributed by atoms with van der Waals surface area (Å²) in [6.45, 7) is 2.85. The molecule has 1 amide bonds. The van der Waals surface area contributed by atoms with Gasteiger partial charge in [0.15, 0.2) is 0 Å². The summed E-state index contributed by atoms with van der Waals surface area (Å²) >= 11 is 0. The summed E-state index contributed by atoms with van der Waals surface area (Å²) < 4.78 is 24.8. The van der Waals surface area contributed by atoms with Gasteiger partial charge in [0.25, 0.3) is 5.91 Å². The first kappa shape index (κ1) is 19.4. The molecule has 27 heavy (non-hydrogen) atoms. The zero-order valence-electron chi connectivity index (χ0n) is 15.4. The molecule has 2 aromatic carbocycles. The quantitative estimate of drug-likeness (QED) is 0.798. The van der Waals surface area contributed by atoms with Crippen LogP contribution in [0.2, 0.25) is 0 Å². The normalized spacial score (nSPS) is 16.0. The van der Waals surface area contributed by atoms with E-state index >= 15 is 0 Å². The zero-order valence-corrected chi connectivity index (χ0v) is 16.2. The van der Waals surface area contributed by atoms with Crippen molar-refractivity contribution in [3.8, 4) is 0 Å². The smallest absolute Gasteiger partial charge is 0.251 e. The maximum Gasteiger partial charge on any atom is 0.251 e. The molecule has 1 saturated heterocycles. The van der Waals surface area contributed by atoms with Crippen molar-refractivity contribution in [3.63, 3.8) is 0 Å². The van der Waals surface area contributed by atoms with Crippen molar-refractivity contribution in [2.45, 2.75) is 25.4 Å². The Hall–Kier alpha value is -2.38. The van der Waals surface area contributed by atoms with E-state index in [9.17, 15) is 13.2 Å². The van der Waals surface area contributed by atoms with Gasteiger partial charge in [-0.1, -0.05) is 30.3 Å². The number of likely N-dealkylation sites (tertiary alicyclic amines) is 1. The Morgan fingerprint density at radius 2 is 1.67 bits per heavy atom. The number of piperidine rings is 1. The minimum absolute atomic E-state index is 0.123. The number of amides is 1. The van der Waals surface area contributed by atoms with Gasteiger partial charge in [-0.3, -0.25) is 14.4 Å². The van der Waals surface area contributed by atoms with Gasteiger partial charge in [0.1, 0.15) is 0 Å². The SMILES string of the molecule is CS(=O)(=O)Nc1ccc(C(=O)NC2CCN(Cc3ccccc3)CC2)cc1. The summed E-state index contributed by atoms with van der Waals surface area (Å²) in [5.41, 5.74) is 2.28. The first-order valence-corrected chi connectivity index (χ1v) is 10.9. The lowest BCUT2D eigenvalue weighted by Crippen LogP contribution is -2.44. The summed E-state index contributed by atoms with van der Waals surface area (Å²) in [6.07, 6.45) is 2.94. The van der Waals surface area contributed by atoms with Gasteiger partial charge in [-0.2, -0.15) is 0 Å². The number of carbonyl (C=O) groups excluding carboxylic acids is 1. The van der Waals surface area contributed by atoms with Crippen molar-refractivity contribution in [2.24, 2.45) is 0 Å². The van der Waals surface area contributed by atoms with E-state index in [1.165, 1.54) is 5.56 Å². The number of rotatable bonds is 6. The van der Waals surface area contributed by atoms with Gasteiger partial charge in [-0.05, 0) is 42.7 Å². The van der Waals surface area contributed by atoms with Gasteiger partial charge in [0.2, 0.25) is 10.0 Å². The molecule has 0 bridgehead atoms. The number of anilines is 1. The van der Waals surface area contributed by atoms with Gasteiger partial charge < -0.3 is 5.32 Å². The Labute approximate surface area is 160 Å². The average molecular weight is 388 g/mol. The summed E-state index contributed by atoms with van der Waals surface area (Å²) in [4.78, 5) is 14.8. The maximum atomic E-state index is 12.4. The molecule has 0 aromatic heterocycles. The summed E-state index contributed by atoms with van der Waals surface area (Å²) in [5, 5.41) is 3.08. The second-order valence-corrected chi connectivity index (χ2v) is 8.71. The highest BCUT2D eigenvalue weighted by atomic mass is 32.2. The van der Waals surface area contributed by atoms with Crippen LogP contribution < -0.4 is 10.0 Å². The van der Waals surface area contributed by atoms with E-state index in [0.717, 1.165) is 38.7 Å². The minimum atomic E-state index is -3.32. The van der Waals surface area contributed by atoms with Gasteiger partial charge in [0.05, 0.1) is 6.26 Å². The molecular formula is C20H25N3O3S. The predicted octanol–water partition coefficient (Wildman–Crippen LogP) is 2.45. The highest BCUT2D eigenvalue weighted by Gasteiger charge is 2.21. The van der Waals surface area contributed by atoms with Gasteiger partial charge in [0, 0.05) is 36.9 Å². The Balaban J connectivity index is 1.48. The number of hydrogen-bond acceptors (Lipinski definition) is 4. The topological polar surface area (TPSA) is 78.5 Å².